The molecule has 0 unspecified atom stereocenters. The van der Waals surface area contributed by atoms with Crippen molar-refractivity contribution in [1.29, 1.82) is 0 Å². The van der Waals surface area contributed by atoms with E-state index in [0.717, 1.165) is 51.4 Å². The van der Waals surface area contributed by atoms with E-state index in [9.17, 15) is 4.79 Å². The molecule has 28 heavy (non-hydrogen) atoms. The molecule has 5 heteroatoms. The van der Waals surface area contributed by atoms with Gasteiger partial charge in [0, 0.05) is 41.4 Å². The van der Waals surface area contributed by atoms with Crippen LogP contribution in [0, 0.1) is 11.8 Å². The number of pyridine rings is 1. The summed E-state index contributed by atoms with van der Waals surface area (Å²) in [6, 6.07) is 6.42. The van der Waals surface area contributed by atoms with Crippen LogP contribution in [0.3, 0.4) is 0 Å². The van der Waals surface area contributed by atoms with Gasteiger partial charge in [0.25, 0.3) is 0 Å². The van der Waals surface area contributed by atoms with Gasteiger partial charge in [-0.05, 0) is 56.4 Å². The molecule has 0 amide bonds. The first kappa shape index (κ1) is 16.4. The number of rotatable bonds is 7. The van der Waals surface area contributed by atoms with Gasteiger partial charge in [0.2, 0.25) is 0 Å². The van der Waals surface area contributed by atoms with Crippen LogP contribution in [-0.4, -0.2) is 26.8 Å². The number of nitrogens with zero attached hydrogens (tertiary/aromatic N) is 3. The number of carbonyl (C=O) groups excluding carboxylic acids is 1. The van der Waals surface area contributed by atoms with Crippen LogP contribution in [0.4, 0.5) is 5.82 Å². The molecule has 3 aliphatic rings. The molecule has 0 saturated heterocycles. The lowest BCUT2D eigenvalue weighted by molar-refractivity contribution is 0.0976. The summed E-state index contributed by atoms with van der Waals surface area (Å²) in [5, 5.41) is 5.60. The van der Waals surface area contributed by atoms with E-state index in [1.807, 2.05) is 24.4 Å². The lowest BCUT2D eigenvalue weighted by Crippen LogP contribution is -2.07. The molecule has 3 aromatic rings. The van der Waals surface area contributed by atoms with Gasteiger partial charge in [0.15, 0.2) is 11.6 Å². The second-order valence-electron chi connectivity index (χ2n) is 8.88. The normalized spacial score (nSPS) is 19.3. The van der Waals surface area contributed by atoms with Crippen LogP contribution >= 0.6 is 0 Å². The Morgan fingerprint density at radius 1 is 1.00 bits per heavy atom. The van der Waals surface area contributed by atoms with E-state index < -0.39 is 0 Å². The fraction of sp³-hybridized carbons (Fsp3) is 0.478. The fourth-order valence-corrected chi connectivity index (χ4v) is 3.90. The Morgan fingerprint density at radius 3 is 2.57 bits per heavy atom. The third-order valence-electron chi connectivity index (χ3n) is 6.16. The van der Waals surface area contributed by atoms with Crippen LogP contribution in [-0.2, 0) is 6.42 Å². The third kappa shape index (κ3) is 3.23. The minimum Gasteiger partial charge on any atom is -0.366 e. The highest BCUT2D eigenvalue weighted by molar-refractivity contribution is 6.10. The Bertz CT molecular complexity index is 1100. The lowest BCUT2D eigenvalue weighted by Gasteiger charge is -2.12. The summed E-state index contributed by atoms with van der Waals surface area (Å²) < 4.78 is 0. The molecule has 0 bridgehead atoms. The summed E-state index contributed by atoms with van der Waals surface area (Å²) in [6.45, 7) is 0. The van der Waals surface area contributed by atoms with Crippen molar-refractivity contribution in [2.24, 2.45) is 11.8 Å². The number of benzene rings is 1. The molecule has 1 N–H and O–H groups in total. The van der Waals surface area contributed by atoms with Crippen molar-refractivity contribution in [2.75, 3.05) is 5.32 Å². The number of ketones is 1. The van der Waals surface area contributed by atoms with Gasteiger partial charge in [-0.3, -0.25) is 4.79 Å². The molecule has 2 heterocycles. The molecule has 0 radical (unpaired) electrons. The minimum absolute atomic E-state index is 0.235. The van der Waals surface area contributed by atoms with E-state index in [-0.39, 0.29) is 5.78 Å². The van der Waals surface area contributed by atoms with E-state index in [2.05, 4.69) is 10.3 Å². The van der Waals surface area contributed by atoms with Gasteiger partial charge < -0.3 is 5.32 Å². The molecule has 2 aromatic heterocycles. The standard InChI is InChI=1S/C23H24N4O/c28-20(9-13-1-2-13)15-5-8-17-18-12-24-21(10-14-3-4-14)27-22(18)23(25-16-6-7-16)26-19(17)11-15/h5,8,11-14,16H,1-4,6-7,9-10H2,(H,25,26). The fourth-order valence-electron chi connectivity index (χ4n) is 3.90. The van der Waals surface area contributed by atoms with E-state index >= 15 is 0 Å². The zero-order valence-corrected chi connectivity index (χ0v) is 15.9. The van der Waals surface area contributed by atoms with Crippen molar-refractivity contribution < 1.29 is 4.79 Å². The first-order chi connectivity index (χ1) is 13.7. The molecule has 0 aliphatic heterocycles. The summed E-state index contributed by atoms with van der Waals surface area (Å²) in [6.07, 6.45) is 10.9. The number of fused-ring (bicyclic) bond motifs is 3. The lowest BCUT2D eigenvalue weighted by atomic mass is 10.0. The van der Waals surface area contributed by atoms with Crippen LogP contribution in [0.25, 0.3) is 21.8 Å². The van der Waals surface area contributed by atoms with Crippen LogP contribution in [0.15, 0.2) is 24.4 Å². The van der Waals surface area contributed by atoms with Gasteiger partial charge in [0.05, 0.1) is 5.52 Å². The number of hydrogen-bond acceptors (Lipinski definition) is 5. The Kier molecular flexibility index (Phi) is 3.65. The Morgan fingerprint density at radius 2 is 1.82 bits per heavy atom. The molecule has 3 saturated carbocycles. The zero-order chi connectivity index (χ0) is 18.7. The predicted octanol–water partition coefficient (Wildman–Crippen LogP) is 4.69. The molecule has 1 aromatic carbocycles. The topological polar surface area (TPSA) is 67.8 Å². The molecular formula is C23H24N4O. The van der Waals surface area contributed by atoms with E-state index in [1.54, 1.807) is 0 Å². The van der Waals surface area contributed by atoms with Crippen molar-refractivity contribution >= 4 is 33.4 Å². The molecule has 3 aliphatic carbocycles. The first-order valence-corrected chi connectivity index (χ1v) is 10.6. The minimum atomic E-state index is 0.235. The van der Waals surface area contributed by atoms with Crippen LogP contribution in [0.2, 0.25) is 0 Å². The largest absolute Gasteiger partial charge is 0.366 e. The summed E-state index contributed by atoms with van der Waals surface area (Å²) in [5.41, 5.74) is 2.55. The molecule has 3 fully saturated rings. The quantitative estimate of drug-likeness (QED) is 0.481. The summed E-state index contributed by atoms with van der Waals surface area (Å²) in [4.78, 5) is 27.0. The van der Waals surface area contributed by atoms with Crippen LogP contribution in [0.1, 0.15) is 61.1 Å². The highest BCUT2D eigenvalue weighted by atomic mass is 16.1. The molecule has 142 valence electrons. The SMILES string of the molecule is O=C(CC1CC1)c1ccc2c(c1)nc(NC1CC1)c1nc(CC3CC3)ncc12. The molecule has 0 atom stereocenters. The highest BCUT2D eigenvalue weighted by Crippen LogP contribution is 2.36. The van der Waals surface area contributed by atoms with Crippen LogP contribution in [0.5, 0.6) is 0 Å². The number of Topliss-reactive ketones (excluding diaryl/α,β-unsaturated/α-hetero) is 1. The van der Waals surface area contributed by atoms with Gasteiger partial charge in [-0.2, -0.15) is 0 Å². The molecule has 0 spiro atoms. The van der Waals surface area contributed by atoms with E-state index in [0.29, 0.717) is 18.4 Å². The monoisotopic (exact) mass is 372 g/mol. The zero-order valence-electron chi connectivity index (χ0n) is 15.9. The summed E-state index contributed by atoms with van der Waals surface area (Å²) >= 11 is 0. The Labute approximate surface area is 164 Å². The number of hydrogen-bond donors (Lipinski definition) is 1. The van der Waals surface area contributed by atoms with E-state index in [4.69, 9.17) is 9.97 Å². The predicted molar refractivity (Wildman–Crippen MR) is 110 cm³/mol. The second kappa shape index (κ2) is 6.23. The highest BCUT2D eigenvalue weighted by Gasteiger charge is 2.27. The van der Waals surface area contributed by atoms with Crippen molar-refractivity contribution in [3.63, 3.8) is 0 Å². The maximum absolute atomic E-state index is 12.6. The van der Waals surface area contributed by atoms with Gasteiger partial charge in [-0.1, -0.05) is 12.1 Å². The van der Waals surface area contributed by atoms with Gasteiger partial charge >= 0.3 is 0 Å². The number of carbonyl (C=O) groups is 1. The molecule has 6 rings (SSSR count). The van der Waals surface area contributed by atoms with Crippen molar-refractivity contribution in [3.05, 3.63) is 35.8 Å². The smallest absolute Gasteiger partial charge is 0.163 e. The Balaban J connectivity index is 1.45. The Hall–Kier alpha value is -2.56. The maximum atomic E-state index is 12.6. The maximum Gasteiger partial charge on any atom is 0.163 e. The second-order valence-corrected chi connectivity index (χ2v) is 8.88. The van der Waals surface area contributed by atoms with Crippen molar-refractivity contribution in [2.45, 2.75) is 57.4 Å². The number of nitrogens with one attached hydrogen (secondary N) is 1. The first-order valence-electron chi connectivity index (χ1n) is 10.6. The number of aromatic nitrogens is 3. The summed E-state index contributed by atoms with van der Waals surface area (Å²) in [7, 11) is 0. The number of anilines is 1. The van der Waals surface area contributed by atoms with Gasteiger partial charge in [-0.25, -0.2) is 15.0 Å². The average molecular weight is 372 g/mol. The van der Waals surface area contributed by atoms with Gasteiger partial charge in [-0.15, -0.1) is 0 Å². The average Bonchev–Trinajstić information content (AvgIpc) is 3.52. The van der Waals surface area contributed by atoms with Crippen LogP contribution < -0.4 is 5.32 Å². The summed E-state index contributed by atoms with van der Waals surface area (Å²) in [5.74, 6) is 3.35. The third-order valence-corrected chi connectivity index (χ3v) is 6.16. The van der Waals surface area contributed by atoms with Crippen molar-refractivity contribution in [1.82, 2.24) is 15.0 Å². The molecule has 5 nitrogen and oxygen atoms in total. The van der Waals surface area contributed by atoms with Crippen molar-refractivity contribution in [3.8, 4) is 0 Å². The molecular weight excluding hydrogens is 348 g/mol. The van der Waals surface area contributed by atoms with E-state index in [1.165, 1.54) is 38.5 Å². The van der Waals surface area contributed by atoms with Gasteiger partial charge in [0.1, 0.15) is 11.3 Å².